The van der Waals surface area contributed by atoms with Crippen LogP contribution in [-0.4, -0.2) is 26.8 Å². The molecule has 0 aromatic carbocycles. The van der Waals surface area contributed by atoms with Crippen molar-refractivity contribution in [1.82, 2.24) is 25.1 Å². The van der Waals surface area contributed by atoms with E-state index < -0.39 is 0 Å². The third-order valence-corrected chi connectivity index (χ3v) is 4.20. The molecule has 0 spiro atoms. The monoisotopic (exact) mass is 323 g/mol. The fourth-order valence-corrected chi connectivity index (χ4v) is 2.53. The van der Waals surface area contributed by atoms with Crippen LogP contribution in [0, 0.1) is 13.8 Å². The van der Waals surface area contributed by atoms with Crippen molar-refractivity contribution >= 4 is 15.9 Å². The molecule has 0 bridgehead atoms. The first-order valence-electron chi connectivity index (χ1n) is 6.16. The first-order chi connectivity index (χ1) is 9.02. The van der Waals surface area contributed by atoms with Gasteiger partial charge in [-0.05, 0) is 36.8 Å². The summed E-state index contributed by atoms with van der Waals surface area (Å²) >= 11 is 3.60. The fourth-order valence-electron chi connectivity index (χ4n) is 2.03. The van der Waals surface area contributed by atoms with Crippen molar-refractivity contribution in [3.63, 3.8) is 0 Å². The molecule has 2 aromatic rings. The number of hydrogen-bond donors (Lipinski definition) is 1. The molecule has 0 fully saturated rings. The predicted octanol–water partition coefficient (Wildman–Crippen LogP) is 2.09. The van der Waals surface area contributed by atoms with E-state index in [0.29, 0.717) is 0 Å². The van der Waals surface area contributed by atoms with Gasteiger partial charge in [0.05, 0.1) is 39.5 Å². The molecular formula is C13H18BrN5. The lowest BCUT2D eigenvalue weighted by molar-refractivity contribution is 0.545. The van der Waals surface area contributed by atoms with Crippen LogP contribution in [0.25, 0.3) is 0 Å². The van der Waals surface area contributed by atoms with E-state index in [1.807, 2.05) is 38.8 Å². The van der Waals surface area contributed by atoms with Gasteiger partial charge in [0.15, 0.2) is 0 Å². The first kappa shape index (κ1) is 14.1. The van der Waals surface area contributed by atoms with Crippen molar-refractivity contribution in [3.05, 3.63) is 39.6 Å². The minimum Gasteiger partial charge on any atom is -0.311 e. The number of rotatable bonds is 4. The van der Waals surface area contributed by atoms with Crippen molar-refractivity contribution in [2.45, 2.75) is 26.3 Å². The lowest BCUT2D eigenvalue weighted by Gasteiger charge is -2.15. The summed E-state index contributed by atoms with van der Waals surface area (Å²) in [6.07, 6.45) is 4.43. The second-order valence-electron chi connectivity index (χ2n) is 4.60. The van der Waals surface area contributed by atoms with E-state index >= 15 is 0 Å². The van der Waals surface area contributed by atoms with Gasteiger partial charge in [-0.2, -0.15) is 5.10 Å². The minimum atomic E-state index is 0.124. The summed E-state index contributed by atoms with van der Waals surface area (Å²) in [7, 11) is 3.89. The maximum Gasteiger partial charge on any atom is 0.0760 e. The fraction of sp³-hybridized carbons (Fsp3) is 0.462. The Morgan fingerprint density at radius 3 is 2.53 bits per heavy atom. The van der Waals surface area contributed by atoms with E-state index in [0.717, 1.165) is 33.7 Å². The van der Waals surface area contributed by atoms with Crippen LogP contribution in [0.4, 0.5) is 0 Å². The molecule has 5 nitrogen and oxygen atoms in total. The molecule has 0 saturated heterocycles. The average Bonchev–Trinajstić information content (AvgIpc) is 2.63. The topological polar surface area (TPSA) is 55.6 Å². The van der Waals surface area contributed by atoms with Gasteiger partial charge in [-0.3, -0.25) is 14.6 Å². The summed E-state index contributed by atoms with van der Waals surface area (Å²) < 4.78 is 2.97. The molecule has 0 radical (unpaired) electrons. The van der Waals surface area contributed by atoms with Gasteiger partial charge >= 0.3 is 0 Å². The number of likely N-dealkylation sites (N-methyl/N-ethyl adjacent to an activating group) is 1. The number of aryl methyl sites for hydroxylation is 3. The largest absolute Gasteiger partial charge is 0.311 e. The smallest absolute Gasteiger partial charge is 0.0760 e. The number of nitrogens with one attached hydrogen (secondary N) is 1. The standard InChI is InChI=1S/C13H18BrN5/c1-8-6-17-11(7-16-8)10(15-3)5-12-13(14)9(2)18-19(12)4/h6-7,10,15H,5H2,1-4H3. The third kappa shape index (κ3) is 3.01. The maximum atomic E-state index is 4.44. The van der Waals surface area contributed by atoms with Gasteiger partial charge < -0.3 is 5.32 Å². The highest BCUT2D eigenvalue weighted by Crippen LogP contribution is 2.25. The molecule has 1 atom stereocenters. The molecule has 0 saturated carbocycles. The Kier molecular flexibility index (Phi) is 4.31. The lowest BCUT2D eigenvalue weighted by atomic mass is 10.1. The van der Waals surface area contributed by atoms with Crippen molar-refractivity contribution in [3.8, 4) is 0 Å². The van der Waals surface area contributed by atoms with Crippen LogP contribution in [0.1, 0.15) is 28.8 Å². The Labute approximate surface area is 121 Å². The highest BCUT2D eigenvalue weighted by Gasteiger charge is 2.18. The quantitative estimate of drug-likeness (QED) is 0.936. The normalized spacial score (nSPS) is 12.7. The molecular weight excluding hydrogens is 306 g/mol. The molecule has 1 N–H and O–H groups in total. The molecule has 102 valence electrons. The van der Waals surface area contributed by atoms with Gasteiger partial charge in [-0.15, -0.1) is 0 Å². The Balaban J connectivity index is 2.26. The van der Waals surface area contributed by atoms with Crippen LogP contribution in [0.2, 0.25) is 0 Å². The second kappa shape index (κ2) is 5.79. The van der Waals surface area contributed by atoms with Crippen LogP contribution in [0.3, 0.4) is 0 Å². The molecule has 19 heavy (non-hydrogen) atoms. The molecule has 1 unspecified atom stereocenters. The molecule has 2 rings (SSSR count). The van der Waals surface area contributed by atoms with E-state index in [9.17, 15) is 0 Å². The summed E-state index contributed by atoms with van der Waals surface area (Å²) in [6.45, 7) is 3.93. The molecule has 0 amide bonds. The number of hydrogen-bond acceptors (Lipinski definition) is 4. The second-order valence-corrected chi connectivity index (χ2v) is 5.39. The van der Waals surface area contributed by atoms with Crippen LogP contribution in [0.15, 0.2) is 16.9 Å². The Morgan fingerprint density at radius 2 is 2.05 bits per heavy atom. The number of aromatic nitrogens is 4. The number of nitrogens with zero attached hydrogens (tertiary/aromatic N) is 4. The summed E-state index contributed by atoms with van der Waals surface area (Å²) in [6, 6.07) is 0.124. The van der Waals surface area contributed by atoms with Crippen molar-refractivity contribution in [2.24, 2.45) is 7.05 Å². The Bertz CT molecular complexity index is 561. The van der Waals surface area contributed by atoms with Crippen LogP contribution in [0.5, 0.6) is 0 Å². The van der Waals surface area contributed by atoms with Crippen LogP contribution in [-0.2, 0) is 13.5 Å². The van der Waals surface area contributed by atoms with Gasteiger partial charge in [0.2, 0.25) is 0 Å². The zero-order valence-corrected chi connectivity index (χ0v) is 13.2. The van der Waals surface area contributed by atoms with E-state index in [2.05, 4.69) is 36.3 Å². The van der Waals surface area contributed by atoms with Crippen molar-refractivity contribution in [2.75, 3.05) is 7.05 Å². The molecule has 2 aromatic heterocycles. The highest BCUT2D eigenvalue weighted by molar-refractivity contribution is 9.10. The van der Waals surface area contributed by atoms with Crippen molar-refractivity contribution in [1.29, 1.82) is 0 Å². The molecule has 6 heteroatoms. The van der Waals surface area contributed by atoms with Crippen molar-refractivity contribution < 1.29 is 0 Å². The number of halogens is 1. The van der Waals surface area contributed by atoms with E-state index in [1.165, 1.54) is 0 Å². The van der Waals surface area contributed by atoms with E-state index in [4.69, 9.17) is 0 Å². The van der Waals surface area contributed by atoms with Crippen LogP contribution >= 0.6 is 15.9 Å². The van der Waals surface area contributed by atoms with Gasteiger partial charge in [-0.1, -0.05) is 0 Å². The molecule has 0 aliphatic carbocycles. The molecule has 0 aliphatic heterocycles. The lowest BCUT2D eigenvalue weighted by Crippen LogP contribution is -2.21. The summed E-state index contributed by atoms with van der Waals surface area (Å²) in [5.41, 5.74) is 4.02. The first-order valence-corrected chi connectivity index (χ1v) is 6.96. The Morgan fingerprint density at radius 1 is 1.32 bits per heavy atom. The van der Waals surface area contributed by atoms with E-state index in [1.54, 1.807) is 6.20 Å². The zero-order chi connectivity index (χ0) is 14.0. The Hall–Kier alpha value is -1.27. The SMILES string of the molecule is CNC(Cc1c(Br)c(C)nn1C)c1cnc(C)cn1. The van der Waals surface area contributed by atoms with Crippen LogP contribution < -0.4 is 5.32 Å². The zero-order valence-electron chi connectivity index (χ0n) is 11.6. The summed E-state index contributed by atoms with van der Waals surface area (Å²) in [5.74, 6) is 0. The average molecular weight is 324 g/mol. The predicted molar refractivity (Wildman–Crippen MR) is 77.9 cm³/mol. The van der Waals surface area contributed by atoms with Gasteiger partial charge in [0.1, 0.15) is 0 Å². The van der Waals surface area contributed by atoms with Gasteiger partial charge in [0, 0.05) is 19.7 Å². The summed E-state index contributed by atoms with van der Waals surface area (Å²) in [4.78, 5) is 8.74. The highest BCUT2D eigenvalue weighted by atomic mass is 79.9. The van der Waals surface area contributed by atoms with Gasteiger partial charge in [-0.25, -0.2) is 0 Å². The minimum absolute atomic E-state index is 0.124. The molecule has 2 heterocycles. The van der Waals surface area contributed by atoms with E-state index in [-0.39, 0.29) is 6.04 Å². The summed E-state index contributed by atoms with van der Waals surface area (Å²) in [5, 5.41) is 7.70. The maximum absolute atomic E-state index is 4.44. The third-order valence-electron chi connectivity index (χ3n) is 3.17. The van der Waals surface area contributed by atoms with Gasteiger partial charge in [0.25, 0.3) is 0 Å². The molecule has 0 aliphatic rings.